The maximum atomic E-state index is 12.9. The molecule has 1 heterocycles. The molecule has 1 fully saturated rings. The van der Waals surface area contributed by atoms with Crippen molar-refractivity contribution < 1.29 is 23.9 Å². The number of hydrogen-bond donors (Lipinski definition) is 0. The molecule has 5 atom stereocenters. The van der Waals surface area contributed by atoms with Crippen LogP contribution < -0.4 is 0 Å². The smallest absolute Gasteiger partial charge is 0.309 e. The average molecular weight is 397 g/mol. The van der Waals surface area contributed by atoms with Crippen LogP contribution in [0.3, 0.4) is 0 Å². The molecule has 0 aromatic heterocycles. The van der Waals surface area contributed by atoms with Crippen molar-refractivity contribution in [3.05, 3.63) is 0 Å². The van der Waals surface area contributed by atoms with E-state index in [1.54, 1.807) is 6.92 Å². The van der Waals surface area contributed by atoms with Gasteiger partial charge in [-0.2, -0.15) is 0 Å². The van der Waals surface area contributed by atoms with Gasteiger partial charge in [0.25, 0.3) is 0 Å². The molecular formula is C23H40O5. The Morgan fingerprint density at radius 3 is 2.36 bits per heavy atom. The summed E-state index contributed by atoms with van der Waals surface area (Å²) in [5, 5.41) is 0. The Kier molecular flexibility index (Phi) is 11.4. The largest absolute Gasteiger partial charge is 0.466 e. The van der Waals surface area contributed by atoms with E-state index in [1.807, 2.05) is 13.8 Å². The van der Waals surface area contributed by atoms with Crippen molar-refractivity contribution in [1.82, 2.24) is 0 Å². The molecule has 5 unspecified atom stereocenters. The van der Waals surface area contributed by atoms with Crippen molar-refractivity contribution in [2.45, 2.75) is 98.5 Å². The van der Waals surface area contributed by atoms with Crippen LogP contribution in [0.1, 0.15) is 92.4 Å². The van der Waals surface area contributed by atoms with Crippen molar-refractivity contribution in [2.75, 3.05) is 6.61 Å². The van der Waals surface area contributed by atoms with Gasteiger partial charge in [-0.1, -0.05) is 53.9 Å². The number of ketones is 1. The standard InChI is InChI=1S/C23H40O5/c1-6-9-21(24)28-20-15-22(25)27-13-8-12-16(2)10-7-11-17(3)14-18(4)23(26)19(20)5/h16-20H,6-15H2,1-5H3. The maximum Gasteiger partial charge on any atom is 0.309 e. The number of carbonyl (C=O) groups is 3. The van der Waals surface area contributed by atoms with E-state index in [1.165, 1.54) is 6.42 Å². The van der Waals surface area contributed by atoms with Crippen LogP contribution in [0.5, 0.6) is 0 Å². The van der Waals surface area contributed by atoms with E-state index in [9.17, 15) is 14.4 Å². The van der Waals surface area contributed by atoms with Crippen molar-refractivity contribution in [2.24, 2.45) is 23.7 Å². The summed E-state index contributed by atoms with van der Waals surface area (Å²) in [4.78, 5) is 37.2. The molecule has 0 aromatic carbocycles. The predicted octanol–water partition coefficient (Wildman–Crippen LogP) is 5.10. The maximum absolute atomic E-state index is 12.9. The van der Waals surface area contributed by atoms with Gasteiger partial charge in [0.1, 0.15) is 11.9 Å². The molecule has 0 amide bonds. The summed E-state index contributed by atoms with van der Waals surface area (Å²) in [6.07, 6.45) is 6.33. The van der Waals surface area contributed by atoms with Gasteiger partial charge in [-0.05, 0) is 37.5 Å². The molecule has 0 radical (unpaired) electrons. The second-order valence-electron chi connectivity index (χ2n) is 8.81. The summed E-state index contributed by atoms with van der Waals surface area (Å²) >= 11 is 0. The zero-order chi connectivity index (χ0) is 21.1. The van der Waals surface area contributed by atoms with Crippen LogP contribution in [0.25, 0.3) is 0 Å². The lowest BCUT2D eigenvalue weighted by Gasteiger charge is -2.26. The molecule has 162 valence electrons. The quantitative estimate of drug-likeness (QED) is 0.621. The second kappa shape index (κ2) is 12.9. The molecule has 5 nitrogen and oxygen atoms in total. The first-order valence-electron chi connectivity index (χ1n) is 11.1. The second-order valence-corrected chi connectivity index (χ2v) is 8.81. The van der Waals surface area contributed by atoms with Crippen LogP contribution in [-0.2, 0) is 23.9 Å². The molecule has 0 saturated carbocycles. The fourth-order valence-corrected chi connectivity index (χ4v) is 4.02. The van der Waals surface area contributed by atoms with E-state index in [0.717, 1.165) is 32.1 Å². The molecular weight excluding hydrogens is 356 g/mol. The fourth-order valence-electron chi connectivity index (χ4n) is 4.02. The first-order chi connectivity index (χ1) is 13.2. The monoisotopic (exact) mass is 396 g/mol. The molecule has 0 aliphatic carbocycles. The molecule has 28 heavy (non-hydrogen) atoms. The molecule has 1 aliphatic rings. The van der Waals surface area contributed by atoms with Gasteiger partial charge in [0.15, 0.2) is 0 Å². The lowest BCUT2D eigenvalue weighted by molar-refractivity contribution is -0.159. The number of carbonyl (C=O) groups excluding carboxylic acids is 3. The number of cyclic esters (lactones) is 1. The van der Waals surface area contributed by atoms with Crippen LogP contribution in [0.15, 0.2) is 0 Å². The Balaban J connectivity index is 2.88. The third kappa shape index (κ3) is 9.20. The molecule has 1 saturated heterocycles. The molecule has 5 heteroatoms. The van der Waals surface area contributed by atoms with E-state index < -0.39 is 18.0 Å². The Hall–Kier alpha value is -1.39. The zero-order valence-electron chi connectivity index (χ0n) is 18.5. The van der Waals surface area contributed by atoms with Crippen molar-refractivity contribution in [1.29, 1.82) is 0 Å². The lowest BCUT2D eigenvalue weighted by Crippen LogP contribution is -2.36. The minimum absolute atomic E-state index is 0.0554. The van der Waals surface area contributed by atoms with Crippen LogP contribution in [0.2, 0.25) is 0 Å². The van der Waals surface area contributed by atoms with E-state index in [0.29, 0.717) is 24.9 Å². The first-order valence-corrected chi connectivity index (χ1v) is 11.1. The predicted molar refractivity (Wildman–Crippen MR) is 110 cm³/mol. The van der Waals surface area contributed by atoms with Crippen molar-refractivity contribution in [3.8, 4) is 0 Å². The highest BCUT2D eigenvalue weighted by Gasteiger charge is 2.33. The van der Waals surface area contributed by atoms with E-state index in [-0.39, 0.29) is 30.5 Å². The lowest BCUT2D eigenvalue weighted by atomic mass is 9.83. The topological polar surface area (TPSA) is 69.7 Å². The van der Waals surface area contributed by atoms with Crippen LogP contribution in [-0.4, -0.2) is 30.4 Å². The summed E-state index contributed by atoms with van der Waals surface area (Å²) in [5.74, 6) is -0.214. The molecule has 0 N–H and O–H groups in total. The van der Waals surface area contributed by atoms with Gasteiger partial charge in [0.2, 0.25) is 0 Å². The number of hydrogen-bond acceptors (Lipinski definition) is 5. The molecule has 0 bridgehead atoms. The highest BCUT2D eigenvalue weighted by atomic mass is 16.6. The number of rotatable bonds is 3. The van der Waals surface area contributed by atoms with Crippen molar-refractivity contribution in [3.63, 3.8) is 0 Å². The average Bonchev–Trinajstić information content (AvgIpc) is 2.62. The minimum atomic E-state index is -0.747. The van der Waals surface area contributed by atoms with Gasteiger partial charge in [0.05, 0.1) is 18.9 Å². The van der Waals surface area contributed by atoms with Gasteiger partial charge >= 0.3 is 11.9 Å². The first kappa shape index (κ1) is 24.6. The van der Waals surface area contributed by atoms with Gasteiger partial charge < -0.3 is 9.47 Å². The summed E-state index contributed by atoms with van der Waals surface area (Å²) in [6.45, 7) is 10.4. The Morgan fingerprint density at radius 2 is 1.68 bits per heavy atom. The zero-order valence-corrected chi connectivity index (χ0v) is 18.5. The minimum Gasteiger partial charge on any atom is -0.466 e. The van der Waals surface area contributed by atoms with E-state index in [4.69, 9.17) is 9.47 Å². The van der Waals surface area contributed by atoms with Crippen LogP contribution >= 0.6 is 0 Å². The normalized spacial score (nSPS) is 31.8. The summed E-state index contributed by atoms with van der Waals surface area (Å²) in [6, 6.07) is 0. The van der Waals surface area contributed by atoms with Gasteiger partial charge in [0, 0.05) is 12.3 Å². The molecule has 0 spiro atoms. The van der Waals surface area contributed by atoms with E-state index in [2.05, 4.69) is 13.8 Å². The Morgan fingerprint density at radius 1 is 1.04 bits per heavy atom. The SMILES string of the molecule is CCCC(=O)OC1CC(=O)OCCCC(C)CCCC(C)CC(C)C(=O)C1C. The number of Topliss-reactive ketones (excluding diaryl/α,β-unsaturated/α-hetero) is 1. The third-order valence-corrected chi connectivity index (χ3v) is 5.85. The molecule has 0 aromatic rings. The highest BCUT2D eigenvalue weighted by molar-refractivity contribution is 5.84. The highest BCUT2D eigenvalue weighted by Crippen LogP contribution is 2.26. The Labute approximate surface area is 170 Å². The summed E-state index contributed by atoms with van der Waals surface area (Å²) in [7, 11) is 0. The van der Waals surface area contributed by atoms with Gasteiger partial charge in [-0.25, -0.2) is 0 Å². The fraction of sp³-hybridized carbons (Fsp3) is 0.870. The summed E-state index contributed by atoms with van der Waals surface area (Å²) < 4.78 is 10.9. The Bertz CT molecular complexity index is 501. The molecule has 1 aliphatic heterocycles. The third-order valence-electron chi connectivity index (χ3n) is 5.85. The molecule has 1 rings (SSSR count). The van der Waals surface area contributed by atoms with Crippen LogP contribution in [0.4, 0.5) is 0 Å². The van der Waals surface area contributed by atoms with Crippen molar-refractivity contribution >= 4 is 17.7 Å². The number of ether oxygens (including phenoxy) is 2. The van der Waals surface area contributed by atoms with Gasteiger partial charge in [-0.15, -0.1) is 0 Å². The van der Waals surface area contributed by atoms with Gasteiger partial charge in [-0.3, -0.25) is 14.4 Å². The number of esters is 2. The van der Waals surface area contributed by atoms with Crippen LogP contribution in [0, 0.1) is 23.7 Å². The van der Waals surface area contributed by atoms with E-state index >= 15 is 0 Å². The summed E-state index contributed by atoms with van der Waals surface area (Å²) in [5.41, 5.74) is 0.